The normalized spacial score (nSPS) is 12.6. The van der Waals surface area contributed by atoms with Crippen LogP contribution >= 0.6 is 0 Å². The number of hydrogen-bond acceptors (Lipinski definition) is 5. The molecule has 5 nitrogen and oxygen atoms in total. The van der Waals surface area contributed by atoms with Crippen molar-refractivity contribution in [3.05, 3.63) is 85.1 Å². The number of esters is 2. The van der Waals surface area contributed by atoms with Crippen LogP contribution in [0.3, 0.4) is 0 Å². The topological polar surface area (TPSA) is 72.8 Å². The highest BCUT2D eigenvalue weighted by Gasteiger charge is 2.16. The Bertz CT molecular complexity index is 1680. The number of hydrogen-bond donors (Lipinski definition) is 1. The summed E-state index contributed by atoms with van der Waals surface area (Å²) >= 11 is 0. The molecule has 0 aliphatic heterocycles. The Morgan fingerprint density at radius 2 is 0.457 bits per heavy atom. The molecule has 0 saturated heterocycles. The lowest BCUT2D eigenvalue weighted by Gasteiger charge is -2.15. The summed E-state index contributed by atoms with van der Waals surface area (Å²) in [7, 11) is 0. The first kappa shape index (κ1) is 91.1. The van der Waals surface area contributed by atoms with E-state index < -0.39 is 6.10 Å². The number of rotatable bonds is 79. The van der Waals surface area contributed by atoms with Crippen molar-refractivity contribution < 1.29 is 24.2 Å². The molecular weight excluding hydrogens is 1150 g/mol. The Hall–Kier alpha value is -2.92. The molecule has 94 heavy (non-hydrogen) atoms. The summed E-state index contributed by atoms with van der Waals surface area (Å²) in [5.41, 5.74) is 0. The monoisotopic (exact) mass is 1310 g/mol. The fraction of sp³-hybridized carbons (Fsp3) is 0.820. The third kappa shape index (κ3) is 81.5. The minimum Gasteiger partial charge on any atom is -0.462 e. The van der Waals surface area contributed by atoms with Gasteiger partial charge in [0.25, 0.3) is 0 Å². The van der Waals surface area contributed by atoms with E-state index in [1.54, 1.807) is 0 Å². The molecule has 0 aliphatic carbocycles. The van der Waals surface area contributed by atoms with Gasteiger partial charge in [0.1, 0.15) is 6.61 Å². The van der Waals surface area contributed by atoms with Crippen LogP contribution in [0.4, 0.5) is 0 Å². The van der Waals surface area contributed by atoms with Gasteiger partial charge < -0.3 is 14.6 Å². The maximum atomic E-state index is 12.4. The smallest absolute Gasteiger partial charge is 0.306 e. The van der Waals surface area contributed by atoms with Gasteiger partial charge in [0, 0.05) is 12.8 Å². The Morgan fingerprint density at radius 1 is 0.255 bits per heavy atom. The molecule has 0 amide bonds. The third-order valence-electron chi connectivity index (χ3n) is 19.2. The molecule has 0 rings (SSSR count). The second-order valence-corrected chi connectivity index (χ2v) is 28.5. The van der Waals surface area contributed by atoms with Crippen molar-refractivity contribution in [2.75, 3.05) is 13.2 Å². The summed E-state index contributed by atoms with van der Waals surface area (Å²) < 4.78 is 10.8. The molecule has 0 spiro atoms. The lowest BCUT2D eigenvalue weighted by molar-refractivity contribution is -0.161. The second-order valence-electron chi connectivity index (χ2n) is 28.5. The van der Waals surface area contributed by atoms with Crippen LogP contribution in [0.2, 0.25) is 0 Å². The van der Waals surface area contributed by atoms with Crippen molar-refractivity contribution in [2.45, 2.75) is 457 Å². The van der Waals surface area contributed by atoms with Gasteiger partial charge in [0.05, 0.1) is 6.61 Å². The molecule has 548 valence electrons. The molecule has 0 aromatic rings. The van der Waals surface area contributed by atoms with Gasteiger partial charge in [-0.3, -0.25) is 9.59 Å². The maximum Gasteiger partial charge on any atom is 0.306 e. The van der Waals surface area contributed by atoms with Crippen LogP contribution in [0.15, 0.2) is 85.1 Å². The highest BCUT2D eigenvalue weighted by atomic mass is 16.6. The summed E-state index contributed by atoms with van der Waals surface area (Å²) in [6.45, 7) is 4.09. The van der Waals surface area contributed by atoms with E-state index in [1.807, 2.05) is 0 Å². The van der Waals surface area contributed by atoms with Crippen molar-refractivity contribution in [2.24, 2.45) is 0 Å². The van der Waals surface area contributed by atoms with Gasteiger partial charge in [-0.05, 0) is 89.9 Å². The van der Waals surface area contributed by atoms with Gasteiger partial charge in [-0.15, -0.1) is 0 Å². The highest BCUT2D eigenvalue weighted by molar-refractivity contribution is 5.70. The average Bonchev–Trinajstić information content (AvgIpc) is 3.77. The largest absolute Gasteiger partial charge is 0.462 e. The zero-order chi connectivity index (χ0) is 67.5. The van der Waals surface area contributed by atoms with Gasteiger partial charge in [0.15, 0.2) is 6.10 Å². The Balaban J connectivity index is 3.38. The fourth-order valence-corrected chi connectivity index (χ4v) is 12.9. The third-order valence-corrected chi connectivity index (χ3v) is 19.2. The first-order valence-corrected chi connectivity index (χ1v) is 42.1. The number of ether oxygens (including phenoxy) is 2. The van der Waals surface area contributed by atoms with Gasteiger partial charge in [-0.2, -0.15) is 0 Å². The molecule has 0 aliphatic rings. The lowest BCUT2D eigenvalue weighted by Crippen LogP contribution is -2.28. The summed E-state index contributed by atoms with van der Waals surface area (Å²) in [6.07, 6.45) is 120. The Kier molecular flexibility index (Phi) is 81.7. The molecule has 1 atom stereocenters. The lowest BCUT2D eigenvalue weighted by atomic mass is 10.0. The zero-order valence-corrected chi connectivity index (χ0v) is 63.2. The SMILES string of the molecule is CC/C=C\C/C=C\C/C=C\C/C=C\C/C=C\C/C=C\CCCCCCCCCCCCCCCCCCCCCCCCC(=O)OC(CO)COC(=O)CCCCCCCCCCCCCCCCCCCCCCCCCCCCC/C=C\CCCCCCCCCC. The van der Waals surface area contributed by atoms with Crippen molar-refractivity contribution in [1.29, 1.82) is 0 Å². The quantitative estimate of drug-likeness (QED) is 0.0373. The molecular formula is C89H162O5. The van der Waals surface area contributed by atoms with Gasteiger partial charge in [0.2, 0.25) is 0 Å². The van der Waals surface area contributed by atoms with Gasteiger partial charge in [-0.25, -0.2) is 0 Å². The van der Waals surface area contributed by atoms with E-state index in [9.17, 15) is 14.7 Å². The zero-order valence-electron chi connectivity index (χ0n) is 63.2. The van der Waals surface area contributed by atoms with Crippen LogP contribution in [-0.4, -0.2) is 36.4 Å². The van der Waals surface area contributed by atoms with Crippen molar-refractivity contribution >= 4 is 11.9 Å². The Morgan fingerprint density at radius 3 is 0.702 bits per heavy atom. The molecule has 1 unspecified atom stereocenters. The van der Waals surface area contributed by atoms with Crippen molar-refractivity contribution in [3.63, 3.8) is 0 Å². The number of allylic oxidation sites excluding steroid dienone is 14. The van der Waals surface area contributed by atoms with E-state index in [1.165, 1.54) is 353 Å². The first-order valence-electron chi connectivity index (χ1n) is 42.1. The van der Waals surface area contributed by atoms with Crippen LogP contribution in [0.5, 0.6) is 0 Å². The molecule has 0 radical (unpaired) electrons. The minimum atomic E-state index is -0.773. The van der Waals surface area contributed by atoms with Gasteiger partial charge >= 0.3 is 11.9 Å². The standard InChI is InChI=1S/C89H162O5/c1-3-5-7-9-11-13-15-17-19-21-23-25-27-29-31-33-35-37-39-41-43-44-46-48-50-52-54-56-58-60-62-64-66-68-70-72-74-76-78-80-82-84-89(92)94-87(85-90)86-93-88(91)83-81-79-77-75-73-71-69-67-65-63-61-59-57-55-53-51-49-47-45-42-40-38-36-34-32-30-28-26-24-22-20-18-16-14-12-10-8-6-4-2/h5,7,11,13,17,19,22-25,29,31,35,37,87,90H,3-4,6,8-10,12,14-16,18,20-21,26-28,30,32-34,36,38-86H2,1-2H3/b7-5-,13-11-,19-17-,24-22-,25-23-,31-29-,37-35-. The van der Waals surface area contributed by atoms with Crippen LogP contribution in [0, 0.1) is 0 Å². The van der Waals surface area contributed by atoms with Crippen LogP contribution in [0.25, 0.3) is 0 Å². The summed E-state index contributed by atoms with van der Waals surface area (Å²) in [6, 6.07) is 0. The van der Waals surface area contributed by atoms with Crippen molar-refractivity contribution in [3.8, 4) is 0 Å². The van der Waals surface area contributed by atoms with Gasteiger partial charge in [-0.1, -0.05) is 433 Å². The number of unbranched alkanes of at least 4 members (excludes halogenated alkanes) is 57. The molecule has 0 aromatic heterocycles. The molecule has 0 bridgehead atoms. The maximum absolute atomic E-state index is 12.4. The number of carbonyl (C=O) groups is 2. The summed E-state index contributed by atoms with van der Waals surface area (Å²) in [5, 5.41) is 9.74. The molecule has 0 aromatic carbocycles. The number of carbonyl (C=O) groups excluding carboxylic acids is 2. The first-order chi connectivity index (χ1) is 46.6. The molecule has 5 heteroatoms. The van der Waals surface area contributed by atoms with E-state index in [-0.39, 0.29) is 25.2 Å². The van der Waals surface area contributed by atoms with E-state index in [0.29, 0.717) is 12.8 Å². The van der Waals surface area contributed by atoms with Crippen LogP contribution in [0.1, 0.15) is 450 Å². The van der Waals surface area contributed by atoms with E-state index in [2.05, 4.69) is 98.9 Å². The fourth-order valence-electron chi connectivity index (χ4n) is 12.9. The minimum absolute atomic E-state index is 0.0605. The Labute approximate surface area is 587 Å². The van der Waals surface area contributed by atoms with Crippen molar-refractivity contribution in [1.82, 2.24) is 0 Å². The summed E-state index contributed by atoms with van der Waals surface area (Å²) in [4.78, 5) is 24.7. The van der Waals surface area contributed by atoms with Crippen LogP contribution in [-0.2, 0) is 19.1 Å². The predicted molar refractivity (Wildman–Crippen MR) is 417 cm³/mol. The summed E-state index contributed by atoms with van der Waals surface area (Å²) in [5.74, 6) is -0.565. The molecule has 1 N–H and O–H groups in total. The van der Waals surface area contributed by atoms with E-state index in [4.69, 9.17) is 9.47 Å². The molecule has 0 heterocycles. The predicted octanol–water partition coefficient (Wildman–Crippen LogP) is 29.9. The number of aliphatic hydroxyl groups excluding tert-OH is 1. The average molecular weight is 1310 g/mol. The van der Waals surface area contributed by atoms with Crippen LogP contribution < -0.4 is 0 Å². The second kappa shape index (κ2) is 84.3. The molecule has 0 fully saturated rings. The van der Waals surface area contributed by atoms with E-state index >= 15 is 0 Å². The highest BCUT2D eigenvalue weighted by Crippen LogP contribution is 2.20. The number of aliphatic hydroxyl groups is 1. The van der Waals surface area contributed by atoms with E-state index in [0.717, 1.165) is 70.6 Å². The molecule has 0 saturated carbocycles.